The number of rotatable bonds is 2. The van der Waals surface area contributed by atoms with Gasteiger partial charge in [0.2, 0.25) is 0 Å². The van der Waals surface area contributed by atoms with E-state index >= 15 is 0 Å². The van der Waals surface area contributed by atoms with Gasteiger partial charge in [-0.2, -0.15) is 0 Å². The van der Waals surface area contributed by atoms with E-state index in [0.717, 1.165) is 5.69 Å². The molecule has 0 aliphatic carbocycles. The third-order valence-electron chi connectivity index (χ3n) is 2.64. The first-order valence-corrected chi connectivity index (χ1v) is 6.81. The fourth-order valence-electron chi connectivity index (χ4n) is 1.89. The van der Waals surface area contributed by atoms with Gasteiger partial charge in [0.1, 0.15) is 29.3 Å². The van der Waals surface area contributed by atoms with Crippen molar-refractivity contribution in [3.63, 3.8) is 0 Å². The number of phenols is 1. The van der Waals surface area contributed by atoms with Gasteiger partial charge < -0.3 is 27.9 Å². The van der Waals surface area contributed by atoms with Crippen molar-refractivity contribution in [2.24, 2.45) is 0 Å². The Balaban J connectivity index is 0.00000144. The molecule has 1 saturated heterocycles. The second-order valence-corrected chi connectivity index (χ2v) is 6.22. The van der Waals surface area contributed by atoms with Crippen LogP contribution in [0.25, 0.3) is 0 Å². The maximum absolute atomic E-state index is 11.3. The minimum absolute atomic E-state index is 0. The number of hydrogen-bond acceptors (Lipinski definition) is 4. The van der Waals surface area contributed by atoms with Crippen LogP contribution in [-0.2, 0) is 9.84 Å². The summed E-state index contributed by atoms with van der Waals surface area (Å²) in [6, 6.07) is 6.14. The molecule has 0 aromatic heterocycles. The highest BCUT2D eigenvalue weighted by atomic mass is 35.5. The highest BCUT2D eigenvalue weighted by molar-refractivity contribution is 7.91. The van der Waals surface area contributed by atoms with Gasteiger partial charge in [-0.25, -0.2) is 8.42 Å². The summed E-state index contributed by atoms with van der Waals surface area (Å²) in [4.78, 5) is 0. The Kier molecular flexibility index (Phi) is 4.37. The van der Waals surface area contributed by atoms with Crippen LogP contribution < -0.4 is 17.7 Å². The number of halogens is 1. The Hall–Kier alpha value is -0.820. The van der Waals surface area contributed by atoms with Gasteiger partial charge in [0, 0.05) is 6.07 Å². The van der Waals surface area contributed by atoms with E-state index in [4.69, 9.17) is 0 Å². The lowest BCUT2D eigenvalue weighted by molar-refractivity contribution is -0.613. The van der Waals surface area contributed by atoms with Crippen LogP contribution in [0.4, 0.5) is 5.69 Å². The molecule has 0 amide bonds. The number of aliphatic hydroxyl groups is 1. The van der Waals surface area contributed by atoms with Crippen molar-refractivity contribution >= 4 is 15.5 Å². The van der Waals surface area contributed by atoms with E-state index in [0.29, 0.717) is 0 Å². The molecule has 0 radical (unpaired) electrons. The van der Waals surface area contributed by atoms with Crippen LogP contribution in [0.2, 0.25) is 0 Å². The average Bonchev–Trinajstić information content (AvgIpc) is 2.39. The Morgan fingerprint density at radius 2 is 2.00 bits per heavy atom. The van der Waals surface area contributed by atoms with Crippen molar-refractivity contribution in [2.75, 3.05) is 11.5 Å². The minimum Gasteiger partial charge on any atom is -1.00 e. The van der Waals surface area contributed by atoms with Crippen LogP contribution in [0, 0.1) is 0 Å². The molecule has 96 valence electrons. The number of nitrogens with two attached hydrogens (primary N) is 1. The maximum atomic E-state index is 11.3. The number of quaternary nitrogens is 1. The second kappa shape index (κ2) is 5.22. The summed E-state index contributed by atoms with van der Waals surface area (Å²) in [6.45, 7) is 0. The SMILES string of the molecule is O=S1(=O)C[C@@H](O)[C@H]([NH2+]c2cccc(O)c2)C1.[Cl-]. The number of hydrogen-bond donors (Lipinski definition) is 3. The van der Waals surface area contributed by atoms with Gasteiger partial charge in [0.05, 0.1) is 5.75 Å². The van der Waals surface area contributed by atoms with Gasteiger partial charge in [0.15, 0.2) is 9.84 Å². The van der Waals surface area contributed by atoms with E-state index in [1.54, 1.807) is 23.5 Å². The lowest BCUT2D eigenvalue weighted by Gasteiger charge is -2.10. The van der Waals surface area contributed by atoms with Gasteiger partial charge in [0.25, 0.3) is 0 Å². The van der Waals surface area contributed by atoms with Gasteiger partial charge in [-0.05, 0) is 12.1 Å². The fraction of sp³-hybridized carbons (Fsp3) is 0.400. The number of aliphatic hydroxyl groups excluding tert-OH is 1. The predicted molar refractivity (Wildman–Crippen MR) is 58.1 cm³/mol. The zero-order valence-electron chi connectivity index (χ0n) is 8.95. The van der Waals surface area contributed by atoms with Crippen LogP contribution in [0.15, 0.2) is 24.3 Å². The third kappa shape index (κ3) is 3.57. The summed E-state index contributed by atoms with van der Waals surface area (Å²) < 4.78 is 22.6. The third-order valence-corrected chi connectivity index (χ3v) is 4.38. The fourth-order valence-corrected chi connectivity index (χ4v) is 3.70. The van der Waals surface area contributed by atoms with Gasteiger partial charge in [-0.15, -0.1) is 0 Å². The lowest BCUT2D eigenvalue weighted by atomic mass is 10.2. The van der Waals surface area contributed by atoms with Crippen molar-refractivity contribution < 1.29 is 36.4 Å². The molecule has 17 heavy (non-hydrogen) atoms. The number of aromatic hydroxyl groups is 1. The molecule has 0 spiro atoms. The number of benzene rings is 1. The highest BCUT2D eigenvalue weighted by Gasteiger charge is 2.39. The first kappa shape index (κ1) is 14.2. The largest absolute Gasteiger partial charge is 1.00 e. The molecule has 2 atom stereocenters. The first-order valence-electron chi connectivity index (χ1n) is 4.99. The average molecular weight is 280 g/mol. The van der Waals surface area contributed by atoms with Crippen molar-refractivity contribution in [3.8, 4) is 5.75 Å². The van der Waals surface area contributed by atoms with Crippen LogP contribution in [0.5, 0.6) is 5.75 Å². The van der Waals surface area contributed by atoms with Gasteiger partial charge in [-0.3, -0.25) is 0 Å². The normalized spacial score (nSPS) is 26.4. The molecule has 7 heteroatoms. The van der Waals surface area contributed by atoms with Crippen LogP contribution in [0.3, 0.4) is 0 Å². The zero-order valence-corrected chi connectivity index (χ0v) is 10.5. The van der Waals surface area contributed by atoms with Crippen molar-refractivity contribution in [1.29, 1.82) is 0 Å². The van der Waals surface area contributed by atoms with Crippen molar-refractivity contribution in [3.05, 3.63) is 24.3 Å². The van der Waals surface area contributed by atoms with E-state index in [2.05, 4.69) is 0 Å². The summed E-state index contributed by atoms with van der Waals surface area (Å²) in [6.07, 6.45) is -0.840. The molecule has 5 nitrogen and oxygen atoms in total. The molecule has 1 aromatic rings. The van der Waals surface area contributed by atoms with Gasteiger partial charge in [-0.1, -0.05) is 6.07 Å². The summed E-state index contributed by atoms with van der Waals surface area (Å²) >= 11 is 0. The first-order chi connectivity index (χ1) is 7.46. The quantitative estimate of drug-likeness (QED) is 0.478. The Morgan fingerprint density at radius 3 is 2.53 bits per heavy atom. The van der Waals surface area contributed by atoms with Crippen LogP contribution in [-0.4, -0.2) is 42.3 Å². The number of phenolic OH excluding ortho intramolecular Hbond substituents is 1. The van der Waals surface area contributed by atoms with E-state index < -0.39 is 15.9 Å². The van der Waals surface area contributed by atoms with Gasteiger partial charge >= 0.3 is 0 Å². The number of sulfone groups is 1. The maximum Gasteiger partial charge on any atom is 0.159 e. The lowest BCUT2D eigenvalue weighted by Crippen LogP contribution is -3.00. The molecule has 1 heterocycles. The summed E-state index contributed by atoms with van der Waals surface area (Å²) in [7, 11) is -3.12. The monoisotopic (exact) mass is 279 g/mol. The molecule has 1 aliphatic heterocycles. The standard InChI is InChI=1S/C10H13NO4S.ClH/c12-8-3-1-2-7(4-8)11-9-5-16(14,15)6-10(9)13;/h1-4,9-13H,5-6H2;1H/t9-,10-;/m1./s1. The van der Waals surface area contributed by atoms with E-state index in [1.165, 1.54) is 6.07 Å². The predicted octanol–water partition coefficient (Wildman–Crippen LogP) is -4.25. The minimum atomic E-state index is -3.12. The Labute approximate surface area is 106 Å². The van der Waals surface area contributed by atoms with E-state index in [1.807, 2.05) is 0 Å². The molecular weight excluding hydrogens is 266 g/mol. The van der Waals surface area contributed by atoms with Crippen LogP contribution in [0.1, 0.15) is 0 Å². The Bertz CT molecular complexity index is 491. The second-order valence-electron chi connectivity index (χ2n) is 4.07. The smallest absolute Gasteiger partial charge is 0.159 e. The molecular formula is C10H14ClNO4S. The summed E-state index contributed by atoms with van der Waals surface area (Å²) in [5.41, 5.74) is 0.723. The molecule has 0 bridgehead atoms. The summed E-state index contributed by atoms with van der Waals surface area (Å²) in [5, 5.41) is 20.5. The molecule has 1 aromatic carbocycles. The molecule has 0 saturated carbocycles. The topological polar surface area (TPSA) is 91.2 Å². The van der Waals surface area contributed by atoms with E-state index in [9.17, 15) is 18.6 Å². The summed E-state index contributed by atoms with van der Waals surface area (Å²) in [5.74, 6) is -0.0688. The van der Waals surface area contributed by atoms with Crippen LogP contribution >= 0.6 is 0 Å². The van der Waals surface area contributed by atoms with Crippen molar-refractivity contribution in [1.82, 2.24) is 0 Å². The van der Waals surface area contributed by atoms with E-state index in [-0.39, 0.29) is 35.7 Å². The Morgan fingerprint density at radius 1 is 1.29 bits per heavy atom. The molecule has 1 fully saturated rings. The molecule has 1 aliphatic rings. The highest BCUT2D eigenvalue weighted by Crippen LogP contribution is 2.14. The molecule has 2 rings (SSSR count). The molecule has 4 N–H and O–H groups in total. The zero-order chi connectivity index (χ0) is 11.8. The molecule has 0 unspecified atom stereocenters. The van der Waals surface area contributed by atoms with Crippen molar-refractivity contribution in [2.45, 2.75) is 12.1 Å².